The Morgan fingerprint density at radius 2 is 1.96 bits per heavy atom. The number of ether oxygens (including phenoxy) is 1. The summed E-state index contributed by atoms with van der Waals surface area (Å²) < 4.78 is 57.7. The number of nitrogens with one attached hydrogen (secondary N) is 2. The monoisotopic (exact) mass is 357 g/mol. The highest BCUT2D eigenvalue weighted by molar-refractivity contribution is 7.92. The lowest BCUT2D eigenvalue weighted by atomic mass is 10.3. The largest absolute Gasteiger partial charge is 0.380 e. The van der Waals surface area contributed by atoms with Crippen molar-refractivity contribution in [3.8, 4) is 0 Å². The quantitative estimate of drug-likeness (QED) is 0.796. The van der Waals surface area contributed by atoms with Gasteiger partial charge in [0, 0.05) is 25.9 Å². The third-order valence-corrected chi connectivity index (χ3v) is 4.56. The Hall–Kier alpha value is -2.26. The number of nitrogens with zero attached hydrogens (tertiary/aromatic N) is 1. The van der Waals surface area contributed by atoms with Gasteiger partial charge in [-0.3, -0.25) is 4.72 Å². The second-order valence-corrected chi connectivity index (χ2v) is 6.72. The summed E-state index contributed by atoms with van der Waals surface area (Å²) >= 11 is 0. The Morgan fingerprint density at radius 3 is 2.54 bits per heavy atom. The van der Waals surface area contributed by atoms with Gasteiger partial charge in [-0.25, -0.2) is 22.2 Å². The Balaban J connectivity index is 2.10. The van der Waals surface area contributed by atoms with Gasteiger partial charge in [-0.1, -0.05) is 0 Å². The van der Waals surface area contributed by atoms with E-state index in [1.807, 2.05) is 6.92 Å². The third kappa shape index (κ3) is 4.62. The summed E-state index contributed by atoms with van der Waals surface area (Å²) in [4.78, 5) is 3.91. The molecule has 2 aromatic rings. The number of pyridine rings is 1. The maximum Gasteiger partial charge on any atom is 0.263 e. The molecule has 24 heavy (non-hydrogen) atoms. The van der Waals surface area contributed by atoms with Crippen molar-refractivity contribution in [1.29, 1.82) is 0 Å². The summed E-state index contributed by atoms with van der Waals surface area (Å²) in [5, 5.41) is 2.99. The molecule has 0 aliphatic carbocycles. The average molecular weight is 357 g/mol. The van der Waals surface area contributed by atoms with Gasteiger partial charge in [0.25, 0.3) is 10.0 Å². The van der Waals surface area contributed by atoms with Crippen LogP contribution in [0.5, 0.6) is 0 Å². The van der Waals surface area contributed by atoms with Gasteiger partial charge in [0.2, 0.25) is 0 Å². The van der Waals surface area contributed by atoms with Crippen LogP contribution in [0, 0.1) is 11.6 Å². The Kier molecular flexibility index (Phi) is 5.68. The molecule has 2 N–H and O–H groups in total. The van der Waals surface area contributed by atoms with E-state index >= 15 is 0 Å². The number of anilines is 2. The fraction of sp³-hybridized carbons (Fsp3) is 0.267. The van der Waals surface area contributed by atoms with E-state index in [-0.39, 0.29) is 16.7 Å². The highest BCUT2D eigenvalue weighted by Gasteiger charge is 2.16. The number of aromatic nitrogens is 1. The molecule has 0 fully saturated rings. The first kappa shape index (κ1) is 18.1. The highest BCUT2D eigenvalue weighted by Crippen LogP contribution is 2.18. The predicted molar refractivity (Wildman–Crippen MR) is 86.4 cm³/mol. The second kappa shape index (κ2) is 7.54. The van der Waals surface area contributed by atoms with E-state index in [0.717, 1.165) is 18.2 Å². The molecular weight excluding hydrogens is 340 g/mol. The fourth-order valence-electron chi connectivity index (χ4n) is 1.75. The summed E-state index contributed by atoms with van der Waals surface area (Å²) in [6.07, 6.45) is 1.15. The average Bonchev–Trinajstić information content (AvgIpc) is 2.56. The first-order chi connectivity index (χ1) is 11.3. The van der Waals surface area contributed by atoms with Crippen molar-refractivity contribution in [2.45, 2.75) is 17.9 Å². The van der Waals surface area contributed by atoms with Gasteiger partial charge >= 0.3 is 0 Å². The smallest absolute Gasteiger partial charge is 0.263 e. The van der Waals surface area contributed by atoms with Crippen molar-refractivity contribution in [1.82, 2.24) is 4.98 Å². The maximum absolute atomic E-state index is 13.1. The van der Waals surface area contributed by atoms with E-state index < -0.39 is 21.7 Å². The number of halogens is 2. The first-order valence-electron chi connectivity index (χ1n) is 7.02. The van der Waals surface area contributed by atoms with Gasteiger partial charge in [-0.15, -0.1) is 0 Å². The highest BCUT2D eigenvalue weighted by atomic mass is 32.2. The van der Waals surface area contributed by atoms with E-state index in [0.29, 0.717) is 12.4 Å². The number of hydrogen-bond donors (Lipinski definition) is 2. The minimum absolute atomic E-state index is 0.0229. The van der Waals surface area contributed by atoms with Crippen LogP contribution in [0.25, 0.3) is 0 Å². The van der Waals surface area contributed by atoms with Crippen LogP contribution in [0.1, 0.15) is 6.92 Å². The first-order valence-corrected chi connectivity index (χ1v) is 8.51. The van der Waals surface area contributed by atoms with Gasteiger partial charge in [0.15, 0.2) is 11.6 Å². The maximum atomic E-state index is 13.1. The SMILES string of the molecule is COC(C)CNc1ccc(S(=O)(=O)Nc2ccc(F)c(F)c2)cn1. The molecule has 1 heterocycles. The molecule has 1 unspecified atom stereocenters. The van der Waals surface area contributed by atoms with Gasteiger partial charge in [0.05, 0.1) is 11.8 Å². The summed E-state index contributed by atoms with van der Waals surface area (Å²) in [7, 11) is -2.37. The van der Waals surface area contributed by atoms with E-state index in [1.165, 1.54) is 18.3 Å². The molecule has 1 aromatic carbocycles. The lowest BCUT2D eigenvalue weighted by molar-refractivity contribution is 0.128. The fourth-order valence-corrected chi connectivity index (χ4v) is 2.74. The van der Waals surface area contributed by atoms with E-state index in [4.69, 9.17) is 4.74 Å². The molecular formula is C15H17F2N3O3S. The van der Waals surface area contributed by atoms with Crippen LogP contribution in [0.3, 0.4) is 0 Å². The number of hydrogen-bond acceptors (Lipinski definition) is 5. The Labute approximate surface area is 138 Å². The van der Waals surface area contributed by atoms with Crippen molar-refractivity contribution in [3.63, 3.8) is 0 Å². The zero-order valence-corrected chi connectivity index (χ0v) is 13.9. The molecule has 0 spiro atoms. The zero-order chi connectivity index (χ0) is 17.7. The second-order valence-electron chi connectivity index (χ2n) is 5.04. The summed E-state index contributed by atoms with van der Waals surface area (Å²) in [6, 6.07) is 5.60. The summed E-state index contributed by atoms with van der Waals surface area (Å²) in [5.74, 6) is -1.70. The van der Waals surface area contributed by atoms with Crippen molar-refractivity contribution >= 4 is 21.5 Å². The third-order valence-electron chi connectivity index (χ3n) is 3.19. The van der Waals surface area contributed by atoms with Crippen LogP contribution in [-0.2, 0) is 14.8 Å². The van der Waals surface area contributed by atoms with Crippen LogP contribution in [0.4, 0.5) is 20.3 Å². The standard InChI is InChI=1S/C15H17F2N3O3S/c1-10(23-2)8-18-15-6-4-12(9-19-15)24(21,22)20-11-3-5-13(16)14(17)7-11/h3-7,9-10,20H,8H2,1-2H3,(H,18,19). The zero-order valence-electron chi connectivity index (χ0n) is 13.1. The molecule has 0 radical (unpaired) electrons. The van der Waals surface area contributed by atoms with Crippen LogP contribution < -0.4 is 10.0 Å². The molecule has 1 aromatic heterocycles. The molecule has 0 aliphatic rings. The number of sulfonamides is 1. The molecule has 0 amide bonds. The Morgan fingerprint density at radius 1 is 1.21 bits per heavy atom. The molecule has 0 bridgehead atoms. The van der Waals surface area contributed by atoms with Crippen molar-refractivity contribution < 1.29 is 21.9 Å². The van der Waals surface area contributed by atoms with E-state index in [1.54, 1.807) is 7.11 Å². The molecule has 130 valence electrons. The molecule has 0 aliphatic heterocycles. The van der Waals surface area contributed by atoms with Crippen LogP contribution in [0.15, 0.2) is 41.4 Å². The number of rotatable bonds is 7. The van der Waals surface area contributed by atoms with Crippen molar-refractivity contribution in [2.24, 2.45) is 0 Å². The topological polar surface area (TPSA) is 80.3 Å². The van der Waals surface area contributed by atoms with Gasteiger partial charge < -0.3 is 10.1 Å². The van der Waals surface area contributed by atoms with E-state index in [2.05, 4.69) is 15.0 Å². The van der Waals surface area contributed by atoms with Gasteiger partial charge in [-0.2, -0.15) is 0 Å². The summed E-state index contributed by atoms with van der Waals surface area (Å²) in [5.41, 5.74) is -0.0787. The normalized spacial score (nSPS) is 12.7. The van der Waals surface area contributed by atoms with Crippen molar-refractivity contribution in [3.05, 3.63) is 48.2 Å². The minimum Gasteiger partial charge on any atom is -0.380 e. The molecule has 9 heteroatoms. The lowest BCUT2D eigenvalue weighted by Crippen LogP contribution is -2.19. The van der Waals surface area contributed by atoms with Crippen LogP contribution in [-0.4, -0.2) is 33.2 Å². The lowest BCUT2D eigenvalue weighted by Gasteiger charge is -2.12. The van der Waals surface area contributed by atoms with Gasteiger partial charge in [0.1, 0.15) is 10.7 Å². The summed E-state index contributed by atoms with van der Waals surface area (Å²) in [6.45, 7) is 2.39. The molecule has 6 nitrogen and oxygen atoms in total. The van der Waals surface area contributed by atoms with Crippen molar-refractivity contribution in [2.75, 3.05) is 23.7 Å². The molecule has 2 rings (SSSR count). The predicted octanol–water partition coefficient (Wildman–Crippen LogP) is 2.61. The Bertz CT molecular complexity index is 798. The molecule has 0 saturated heterocycles. The minimum atomic E-state index is -3.95. The molecule has 0 saturated carbocycles. The van der Waals surface area contributed by atoms with Crippen LogP contribution in [0.2, 0.25) is 0 Å². The van der Waals surface area contributed by atoms with Crippen LogP contribution >= 0.6 is 0 Å². The number of benzene rings is 1. The van der Waals surface area contributed by atoms with Gasteiger partial charge in [-0.05, 0) is 31.2 Å². The van der Waals surface area contributed by atoms with E-state index in [9.17, 15) is 17.2 Å². The molecule has 1 atom stereocenters. The number of methoxy groups -OCH3 is 1.